The van der Waals surface area contributed by atoms with Crippen molar-refractivity contribution in [2.24, 2.45) is 0 Å². The lowest BCUT2D eigenvalue weighted by atomic mass is 10.1. The van der Waals surface area contributed by atoms with Crippen LogP contribution in [0, 0.1) is 6.92 Å². The van der Waals surface area contributed by atoms with Gasteiger partial charge in [0.15, 0.2) is 6.61 Å². The molecular weight excluding hydrogens is 416 g/mol. The van der Waals surface area contributed by atoms with Gasteiger partial charge in [-0.2, -0.15) is 0 Å². The van der Waals surface area contributed by atoms with E-state index in [2.05, 4.69) is 5.32 Å². The molecule has 1 aliphatic rings. The molecule has 3 amide bonds. The van der Waals surface area contributed by atoms with Crippen molar-refractivity contribution in [1.29, 1.82) is 0 Å². The van der Waals surface area contributed by atoms with Gasteiger partial charge in [0.2, 0.25) is 11.8 Å². The highest BCUT2D eigenvalue weighted by Gasteiger charge is 2.28. The third-order valence-corrected chi connectivity index (χ3v) is 5.75. The molecule has 8 heteroatoms. The van der Waals surface area contributed by atoms with E-state index in [4.69, 9.17) is 4.74 Å². The molecular formula is C23H24N2O5S. The molecule has 1 heterocycles. The minimum Gasteiger partial charge on any atom is -0.452 e. The minimum atomic E-state index is -0.607. The Labute approximate surface area is 185 Å². The van der Waals surface area contributed by atoms with Crippen molar-refractivity contribution in [3.8, 4) is 0 Å². The van der Waals surface area contributed by atoms with Gasteiger partial charge in [-0.05, 0) is 36.8 Å². The minimum absolute atomic E-state index is 0.184. The van der Waals surface area contributed by atoms with Crippen LogP contribution >= 0.6 is 11.8 Å². The first-order valence-electron chi connectivity index (χ1n) is 9.98. The van der Waals surface area contributed by atoms with Crippen LogP contribution in [0.1, 0.15) is 34.3 Å². The lowest BCUT2D eigenvalue weighted by Crippen LogP contribution is -2.30. The molecule has 3 rings (SSSR count). The lowest BCUT2D eigenvalue weighted by molar-refractivity contribution is -0.139. The second-order valence-electron chi connectivity index (χ2n) is 7.16. The number of nitrogens with zero attached hydrogens (tertiary/aromatic N) is 1. The van der Waals surface area contributed by atoms with Crippen LogP contribution < -0.4 is 5.32 Å². The fourth-order valence-corrected chi connectivity index (χ4v) is 3.76. The molecule has 1 saturated heterocycles. The standard InChI is InChI=1S/C23H24N2O5S/c1-16-2-8-19(9-3-16)31-13-12-24-20(26)15-30-23(29)18-6-4-17(5-7-18)14-25-21(27)10-11-22(25)28/h2-9H,10-15H2,1H3,(H,24,26). The Morgan fingerprint density at radius 3 is 2.29 bits per heavy atom. The van der Waals surface area contributed by atoms with Gasteiger partial charge in [0.1, 0.15) is 0 Å². The van der Waals surface area contributed by atoms with E-state index in [1.54, 1.807) is 36.0 Å². The number of hydrogen-bond donors (Lipinski definition) is 1. The third-order valence-electron chi connectivity index (χ3n) is 4.73. The molecule has 1 N–H and O–H groups in total. The number of benzene rings is 2. The summed E-state index contributed by atoms with van der Waals surface area (Å²) in [6.07, 6.45) is 0.492. The van der Waals surface area contributed by atoms with E-state index >= 15 is 0 Å². The normalized spacial score (nSPS) is 13.4. The Hall–Kier alpha value is -3.13. The zero-order valence-electron chi connectivity index (χ0n) is 17.3. The summed E-state index contributed by atoms with van der Waals surface area (Å²) in [5.74, 6) is -0.621. The predicted octanol–water partition coefficient (Wildman–Crippen LogP) is 2.71. The molecule has 2 aromatic rings. The van der Waals surface area contributed by atoms with Crippen molar-refractivity contribution in [3.05, 3.63) is 65.2 Å². The summed E-state index contributed by atoms with van der Waals surface area (Å²) < 4.78 is 5.05. The fraction of sp³-hybridized carbons (Fsp3) is 0.304. The van der Waals surface area contributed by atoms with E-state index in [1.165, 1.54) is 10.5 Å². The highest BCUT2D eigenvalue weighted by molar-refractivity contribution is 7.99. The Balaban J connectivity index is 1.36. The molecule has 0 saturated carbocycles. The van der Waals surface area contributed by atoms with Crippen LogP contribution in [0.5, 0.6) is 0 Å². The van der Waals surface area contributed by atoms with Crippen molar-refractivity contribution in [2.45, 2.75) is 31.2 Å². The van der Waals surface area contributed by atoms with E-state index < -0.39 is 5.97 Å². The Bertz CT molecular complexity index is 941. The van der Waals surface area contributed by atoms with Crippen LogP contribution in [0.3, 0.4) is 0 Å². The molecule has 0 bridgehead atoms. The van der Waals surface area contributed by atoms with E-state index in [-0.39, 0.29) is 43.7 Å². The number of imide groups is 1. The Morgan fingerprint density at radius 1 is 1.00 bits per heavy atom. The molecule has 31 heavy (non-hydrogen) atoms. The van der Waals surface area contributed by atoms with Gasteiger partial charge < -0.3 is 10.1 Å². The van der Waals surface area contributed by atoms with E-state index in [0.717, 1.165) is 10.5 Å². The van der Waals surface area contributed by atoms with Gasteiger partial charge in [-0.25, -0.2) is 4.79 Å². The predicted molar refractivity (Wildman–Crippen MR) is 116 cm³/mol. The smallest absolute Gasteiger partial charge is 0.338 e. The van der Waals surface area contributed by atoms with E-state index in [0.29, 0.717) is 17.9 Å². The van der Waals surface area contributed by atoms with Gasteiger partial charge in [-0.1, -0.05) is 29.8 Å². The third kappa shape index (κ3) is 6.68. The summed E-state index contributed by atoms with van der Waals surface area (Å²) in [4.78, 5) is 49.7. The SMILES string of the molecule is Cc1ccc(SCCNC(=O)COC(=O)c2ccc(CN3C(=O)CCC3=O)cc2)cc1. The lowest BCUT2D eigenvalue weighted by Gasteiger charge is -2.13. The first-order valence-corrected chi connectivity index (χ1v) is 11.0. The second-order valence-corrected chi connectivity index (χ2v) is 8.33. The maximum absolute atomic E-state index is 12.1. The molecule has 0 unspecified atom stereocenters. The number of carbonyl (C=O) groups is 4. The fourth-order valence-electron chi connectivity index (χ4n) is 2.99. The maximum Gasteiger partial charge on any atom is 0.338 e. The highest BCUT2D eigenvalue weighted by Crippen LogP contribution is 2.18. The van der Waals surface area contributed by atoms with Gasteiger partial charge in [0.05, 0.1) is 12.1 Å². The molecule has 0 aromatic heterocycles. The van der Waals surface area contributed by atoms with Crippen LogP contribution in [0.15, 0.2) is 53.4 Å². The zero-order chi connectivity index (χ0) is 22.2. The van der Waals surface area contributed by atoms with Gasteiger partial charge in [0.25, 0.3) is 5.91 Å². The molecule has 0 aliphatic carbocycles. The summed E-state index contributed by atoms with van der Waals surface area (Å²) in [7, 11) is 0. The maximum atomic E-state index is 12.1. The highest BCUT2D eigenvalue weighted by atomic mass is 32.2. The van der Waals surface area contributed by atoms with Crippen LogP contribution in [0.25, 0.3) is 0 Å². The van der Waals surface area contributed by atoms with Gasteiger partial charge in [0, 0.05) is 30.0 Å². The van der Waals surface area contributed by atoms with E-state index in [1.807, 2.05) is 31.2 Å². The Morgan fingerprint density at radius 2 is 1.65 bits per heavy atom. The number of likely N-dealkylation sites (tertiary alicyclic amines) is 1. The number of hydrogen-bond acceptors (Lipinski definition) is 6. The quantitative estimate of drug-likeness (QED) is 0.279. The topological polar surface area (TPSA) is 92.8 Å². The molecule has 0 radical (unpaired) electrons. The average molecular weight is 441 g/mol. The Kier molecular flexibility index (Phi) is 7.83. The number of rotatable bonds is 9. The first kappa shape index (κ1) is 22.6. The number of carbonyl (C=O) groups excluding carboxylic acids is 4. The van der Waals surface area contributed by atoms with Crippen molar-refractivity contribution in [1.82, 2.24) is 10.2 Å². The number of nitrogens with one attached hydrogen (secondary N) is 1. The molecule has 1 aliphatic heterocycles. The van der Waals surface area contributed by atoms with Crippen molar-refractivity contribution >= 4 is 35.5 Å². The zero-order valence-corrected chi connectivity index (χ0v) is 18.1. The number of aryl methyl sites for hydroxylation is 1. The van der Waals surface area contributed by atoms with Gasteiger partial charge >= 0.3 is 5.97 Å². The molecule has 0 spiro atoms. The number of ether oxygens (including phenoxy) is 1. The van der Waals surface area contributed by atoms with Crippen LogP contribution in [0.2, 0.25) is 0 Å². The summed E-state index contributed by atoms with van der Waals surface area (Å²) in [6, 6.07) is 14.6. The van der Waals surface area contributed by atoms with Gasteiger partial charge in [-0.15, -0.1) is 11.8 Å². The first-order chi connectivity index (χ1) is 14.9. The summed E-state index contributed by atoms with van der Waals surface area (Å²) >= 11 is 1.64. The van der Waals surface area contributed by atoms with Crippen LogP contribution in [0.4, 0.5) is 0 Å². The molecule has 7 nitrogen and oxygen atoms in total. The molecule has 2 aromatic carbocycles. The van der Waals surface area contributed by atoms with E-state index in [9.17, 15) is 19.2 Å². The average Bonchev–Trinajstić information content (AvgIpc) is 3.09. The summed E-state index contributed by atoms with van der Waals surface area (Å²) in [5.41, 5.74) is 2.24. The van der Waals surface area contributed by atoms with Gasteiger partial charge in [-0.3, -0.25) is 19.3 Å². The van der Waals surface area contributed by atoms with Crippen molar-refractivity contribution < 1.29 is 23.9 Å². The number of amides is 3. The summed E-state index contributed by atoms with van der Waals surface area (Å²) in [5, 5.41) is 2.72. The van der Waals surface area contributed by atoms with Crippen LogP contribution in [-0.4, -0.2) is 47.5 Å². The monoisotopic (exact) mass is 440 g/mol. The van der Waals surface area contributed by atoms with Crippen molar-refractivity contribution in [3.63, 3.8) is 0 Å². The van der Waals surface area contributed by atoms with Crippen molar-refractivity contribution in [2.75, 3.05) is 18.9 Å². The number of thioether (sulfide) groups is 1. The molecule has 1 fully saturated rings. The number of esters is 1. The molecule has 162 valence electrons. The largest absolute Gasteiger partial charge is 0.452 e. The second kappa shape index (κ2) is 10.8. The summed E-state index contributed by atoms with van der Waals surface area (Å²) in [6.45, 7) is 2.34. The van der Waals surface area contributed by atoms with Crippen LogP contribution in [-0.2, 0) is 25.7 Å². The molecule has 0 atom stereocenters.